The molecule has 0 bridgehead atoms. The van der Waals surface area contributed by atoms with Crippen LogP contribution in [0.5, 0.6) is 0 Å². The molecule has 0 spiro atoms. The Hall–Kier alpha value is -0.850. The van der Waals surface area contributed by atoms with Crippen molar-refractivity contribution in [3.8, 4) is 0 Å². The SMILES string of the molecule is O=C(O)CCCNCC(F)(F)C(F)F. The molecule has 0 aliphatic heterocycles. The van der Waals surface area contributed by atoms with Gasteiger partial charge in [-0.25, -0.2) is 8.78 Å². The quantitative estimate of drug-likeness (QED) is 0.499. The number of carbonyl (C=O) groups is 1. The minimum Gasteiger partial charge on any atom is -0.481 e. The molecular formula is C7H11F4NO2. The van der Waals surface area contributed by atoms with E-state index in [-0.39, 0.29) is 19.4 Å². The second kappa shape index (κ2) is 5.79. The fourth-order valence-corrected chi connectivity index (χ4v) is 0.697. The Morgan fingerprint density at radius 1 is 1.43 bits per heavy atom. The molecule has 0 fully saturated rings. The lowest BCUT2D eigenvalue weighted by molar-refractivity contribution is -0.137. The highest BCUT2D eigenvalue weighted by molar-refractivity contribution is 5.66. The first kappa shape index (κ1) is 13.2. The Balaban J connectivity index is 3.49. The van der Waals surface area contributed by atoms with Gasteiger partial charge in [-0.1, -0.05) is 0 Å². The van der Waals surface area contributed by atoms with Gasteiger partial charge in [0.1, 0.15) is 0 Å². The van der Waals surface area contributed by atoms with E-state index in [0.29, 0.717) is 0 Å². The standard InChI is InChI=1S/C7H11F4NO2/c8-6(9)7(10,11)4-12-3-1-2-5(13)14/h6,12H,1-4H2,(H,13,14). The van der Waals surface area contributed by atoms with E-state index in [4.69, 9.17) is 5.11 Å². The number of carboxylic acids is 1. The minimum absolute atomic E-state index is 0.0192. The largest absolute Gasteiger partial charge is 0.481 e. The Morgan fingerprint density at radius 2 is 2.00 bits per heavy atom. The van der Waals surface area contributed by atoms with Gasteiger partial charge in [-0.3, -0.25) is 4.79 Å². The van der Waals surface area contributed by atoms with E-state index in [1.807, 2.05) is 0 Å². The monoisotopic (exact) mass is 217 g/mol. The molecule has 0 saturated heterocycles. The molecule has 0 aromatic carbocycles. The van der Waals surface area contributed by atoms with Gasteiger partial charge >= 0.3 is 18.3 Å². The molecule has 7 heteroatoms. The lowest BCUT2D eigenvalue weighted by Gasteiger charge is -2.15. The number of halogens is 4. The molecule has 3 nitrogen and oxygen atoms in total. The Morgan fingerprint density at radius 3 is 2.43 bits per heavy atom. The maximum atomic E-state index is 12.2. The fraction of sp³-hybridized carbons (Fsp3) is 0.857. The summed E-state index contributed by atoms with van der Waals surface area (Å²) in [6.07, 6.45) is -3.74. The summed E-state index contributed by atoms with van der Waals surface area (Å²) in [6.45, 7) is -1.15. The summed E-state index contributed by atoms with van der Waals surface area (Å²) >= 11 is 0. The highest BCUT2D eigenvalue weighted by Crippen LogP contribution is 2.21. The van der Waals surface area contributed by atoms with Crippen molar-refractivity contribution in [3.05, 3.63) is 0 Å². The smallest absolute Gasteiger partial charge is 0.319 e. The van der Waals surface area contributed by atoms with Crippen LogP contribution in [0, 0.1) is 0 Å². The lowest BCUT2D eigenvalue weighted by atomic mass is 10.3. The van der Waals surface area contributed by atoms with Crippen LogP contribution in [-0.2, 0) is 4.79 Å². The molecule has 0 unspecified atom stereocenters. The van der Waals surface area contributed by atoms with Crippen LogP contribution in [0.15, 0.2) is 0 Å². The number of hydrogen-bond donors (Lipinski definition) is 2. The van der Waals surface area contributed by atoms with Crippen molar-refractivity contribution < 1.29 is 27.5 Å². The van der Waals surface area contributed by atoms with Crippen molar-refractivity contribution in [3.63, 3.8) is 0 Å². The molecule has 0 aliphatic rings. The van der Waals surface area contributed by atoms with Crippen molar-refractivity contribution >= 4 is 5.97 Å². The van der Waals surface area contributed by atoms with E-state index in [9.17, 15) is 22.4 Å². The molecule has 14 heavy (non-hydrogen) atoms. The van der Waals surface area contributed by atoms with Crippen LogP contribution in [0.25, 0.3) is 0 Å². The zero-order valence-corrected chi connectivity index (χ0v) is 7.27. The van der Waals surface area contributed by atoms with Gasteiger partial charge in [-0.05, 0) is 13.0 Å². The van der Waals surface area contributed by atoms with Crippen LogP contribution in [0.3, 0.4) is 0 Å². The molecular weight excluding hydrogens is 206 g/mol. The molecule has 0 saturated carbocycles. The van der Waals surface area contributed by atoms with Crippen molar-refractivity contribution in [2.45, 2.75) is 25.2 Å². The Labute approximate surface area is 78.1 Å². The van der Waals surface area contributed by atoms with E-state index in [2.05, 4.69) is 5.32 Å². The summed E-state index contributed by atoms with van der Waals surface area (Å²) in [5, 5.41) is 10.2. The predicted octanol–water partition coefficient (Wildman–Crippen LogP) is 1.34. The molecule has 0 atom stereocenters. The van der Waals surface area contributed by atoms with Crippen molar-refractivity contribution in [2.75, 3.05) is 13.1 Å². The number of nitrogens with one attached hydrogen (secondary N) is 1. The molecule has 0 heterocycles. The maximum absolute atomic E-state index is 12.2. The zero-order valence-electron chi connectivity index (χ0n) is 7.27. The van der Waals surface area contributed by atoms with Crippen LogP contribution >= 0.6 is 0 Å². The predicted molar refractivity (Wildman–Crippen MR) is 40.7 cm³/mol. The van der Waals surface area contributed by atoms with E-state index < -0.39 is 24.9 Å². The van der Waals surface area contributed by atoms with Crippen LogP contribution in [0.4, 0.5) is 17.6 Å². The van der Waals surface area contributed by atoms with E-state index in [0.717, 1.165) is 0 Å². The Bertz CT molecular complexity index is 187. The summed E-state index contributed by atoms with van der Waals surface area (Å²) < 4.78 is 47.5. The summed E-state index contributed by atoms with van der Waals surface area (Å²) in [7, 11) is 0. The Kier molecular flexibility index (Phi) is 5.44. The van der Waals surface area contributed by atoms with Gasteiger partial charge in [0.15, 0.2) is 0 Å². The average Bonchev–Trinajstić information content (AvgIpc) is 2.02. The van der Waals surface area contributed by atoms with Gasteiger partial charge in [0.25, 0.3) is 0 Å². The first-order chi connectivity index (χ1) is 6.36. The average molecular weight is 217 g/mol. The van der Waals surface area contributed by atoms with Crippen LogP contribution in [0.1, 0.15) is 12.8 Å². The molecule has 0 aliphatic carbocycles. The third-order valence-corrected chi connectivity index (χ3v) is 1.42. The van der Waals surface area contributed by atoms with E-state index in [1.54, 1.807) is 0 Å². The second-order valence-electron chi connectivity index (χ2n) is 2.74. The van der Waals surface area contributed by atoms with Crippen molar-refractivity contribution in [1.82, 2.24) is 5.32 Å². The lowest BCUT2D eigenvalue weighted by Crippen LogP contribution is -2.39. The first-order valence-electron chi connectivity index (χ1n) is 3.95. The third kappa shape index (κ3) is 5.74. The molecule has 84 valence electrons. The van der Waals surface area contributed by atoms with Gasteiger partial charge in [0.05, 0.1) is 6.54 Å². The number of hydrogen-bond acceptors (Lipinski definition) is 2. The second-order valence-corrected chi connectivity index (χ2v) is 2.74. The van der Waals surface area contributed by atoms with Crippen LogP contribution in [0.2, 0.25) is 0 Å². The summed E-state index contributed by atoms with van der Waals surface area (Å²) in [4.78, 5) is 9.97. The normalized spacial score (nSPS) is 12.1. The van der Waals surface area contributed by atoms with E-state index >= 15 is 0 Å². The topological polar surface area (TPSA) is 49.3 Å². The summed E-state index contributed by atoms with van der Waals surface area (Å²) in [5.41, 5.74) is 0. The maximum Gasteiger partial charge on any atom is 0.319 e. The summed E-state index contributed by atoms with van der Waals surface area (Å²) in [6, 6.07) is 0. The van der Waals surface area contributed by atoms with Crippen molar-refractivity contribution in [2.24, 2.45) is 0 Å². The van der Waals surface area contributed by atoms with E-state index in [1.165, 1.54) is 0 Å². The summed E-state index contributed by atoms with van der Waals surface area (Å²) in [5.74, 6) is -5.10. The number of aliphatic carboxylic acids is 1. The van der Waals surface area contributed by atoms with Crippen LogP contribution < -0.4 is 5.32 Å². The van der Waals surface area contributed by atoms with Crippen LogP contribution in [-0.4, -0.2) is 36.5 Å². The molecule has 0 amide bonds. The molecule has 2 N–H and O–H groups in total. The molecule has 0 rings (SSSR count). The van der Waals surface area contributed by atoms with Gasteiger partial charge in [0, 0.05) is 6.42 Å². The van der Waals surface area contributed by atoms with Gasteiger partial charge in [0.2, 0.25) is 0 Å². The molecule has 0 radical (unpaired) electrons. The van der Waals surface area contributed by atoms with Crippen molar-refractivity contribution in [1.29, 1.82) is 0 Å². The highest BCUT2D eigenvalue weighted by atomic mass is 19.3. The fourth-order valence-electron chi connectivity index (χ4n) is 0.697. The minimum atomic E-state index is -4.05. The number of rotatable bonds is 7. The first-order valence-corrected chi connectivity index (χ1v) is 3.95. The third-order valence-electron chi connectivity index (χ3n) is 1.42. The number of carboxylic acid groups (broad SMARTS) is 1. The van der Waals surface area contributed by atoms with Gasteiger partial charge in [-0.2, -0.15) is 8.78 Å². The molecule has 0 aromatic rings. The number of alkyl halides is 4. The zero-order chi connectivity index (χ0) is 11.2. The van der Waals surface area contributed by atoms with Gasteiger partial charge < -0.3 is 10.4 Å². The highest BCUT2D eigenvalue weighted by Gasteiger charge is 2.39. The molecule has 0 aromatic heterocycles. The van der Waals surface area contributed by atoms with Gasteiger partial charge in [-0.15, -0.1) is 0 Å².